The Hall–Kier alpha value is -0.970. The first-order valence-electron chi connectivity index (χ1n) is 6.44. The molecule has 0 saturated heterocycles. The van der Waals surface area contributed by atoms with E-state index >= 15 is 0 Å². The number of nitrogens with one attached hydrogen (secondary N) is 1. The van der Waals surface area contributed by atoms with Crippen molar-refractivity contribution in [2.75, 3.05) is 24.7 Å². The third-order valence-corrected chi connectivity index (χ3v) is 4.80. The second-order valence-electron chi connectivity index (χ2n) is 4.10. The van der Waals surface area contributed by atoms with Crippen LogP contribution in [0.5, 0.6) is 5.88 Å². The lowest BCUT2D eigenvalue weighted by molar-refractivity contribution is 0.326. The van der Waals surface area contributed by atoms with Crippen LogP contribution in [-0.2, 0) is 0 Å². The summed E-state index contributed by atoms with van der Waals surface area (Å²) in [5.41, 5.74) is 0. The van der Waals surface area contributed by atoms with Crippen molar-refractivity contribution in [1.82, 2.24) is 9.97 Å². The smallest absolute Gasteiger partial charge is 0.225 e. The summed E-state index contributed by atoms with van der Waals surface area (Å²) in [6.07, 6.45) is 6.14. The van der Waals surface area contributed by atoms with Crippen LogP contribution in [-0.4, -0.2) is 34.1 Å². The van der Waals surface area contributed by atoms with Gasteiger partial charge in [0.05, 0.1) is 6.61 Å². The molecule has 0 aliphatic rings. The zero-order valence-electron chi connectivity index (χ0n) is 11.7. The first-order chi connectivity index (χ1) is 8.69. The molecule has 1 heterocycles. The van der Waals surface area contributed by atoms with Crippen molar-refractivity contribution in [3.63, 3.8) is 0 Å². The maximum atomic E-state index is 5.36. The van der Waals surface area contributed by atoms with Crippen molar-refractivity contribution in [3.8, 4) is 5.88 Å². The largest absolute Gasteiger partial charge is 0.478 e. The molecule has 1 rings (SSSR count). The molecule has 0 amide bonds. The van der Waals surface area contributed by atoms with Crippen molar-refractivity contribution in [3.05, 3.63) is 12.3 Å². The zero-order valence-corrected chi connectivity index (χ0v) is 12.5. The maximum Gasteiger partial charge on any atom is 0.225 e. The van der Waals surface area contributed by atoms with Crippen molar-refractivity contribution in [2.24, 2.45) is 0 Å². The average Bonchev–Trinajstić information content (AvgIpc) is 2.42. The van der Waals surface area contributed by atoms with E-state index in [1.165, 1.54) is 0 Å². The van der Waals surface area contributed by atoms with Gasteiger partial charge in [0.25, 0.3) is 0 Å². The molecule has 4 nitrogen and oxygen atoms in total. The van der Waals surface area contributed by atoms with Crippen LogP contribution < -0.4 is 10.1 Å². The van der Waals surface area contributed by atoms with E-state index in [0.717, 1.165) is 19.4 Å². The number of aromatic nitrogens is 2. The minimum absolute atomic E-state index is 0.255. The average molecular weight is 269 g/mol. The standard InChI is InChI=1S/C13H23N3OS/c1-5-13(6-2,18-4)10-15-12-14-9-8-11(16-12)17-7-3/h8-9H,5-7,10H2,1-4H3,(H,14,15,16). The van der Waals surface area contributed by atoms with Crippen molar-refractivity contribution in [2.45, 2.75) is 38.4 Å². The highest BCUT2D eigenvalue weighted by atomic mass is 32.2. The summed E-state index contributed by atoms with van der Waals surface area (Å²) in [4.78, 5) is 8.53. The Labute approximate surface area is 114 Å². The number of rotatable bonds is 8. The fourth-order valence-corrected chi connectivity index (χ4v) is 2.55. The first-order valence-corrected chi connectivity index (χ1v) is 7.67. The molecule has 1 N–H and O–H groups in total. The summed E-state index contributed by atoms with van der Waals surface area (Å²) in [7, 11) is 0. The molecular formula is C13H23N3OS. The Balaban J connectivity index is 2.64. The summed E-state index contributed by atoms with van der Waals surface area (Å²) in [5.74, 6) is 1.26. The van der Waals surface area contributed by atoms with E-state index < -0.39 is 0 Å². The topological polar surface area (TPSA) is 47.0 Å². The third kappa shape index (κ3) is 4.05. The molecule has 0 saturated carbocycles. The number of hydrogen-bond donors (Lipinski definition) is 1. The van der Waals surface area contributed by atoms with Crippen LogP contribution in [0.3, 0.4) is 0 Å². The van der Waals surface area contributed by atoms with Gasteiger partial charge >= 0.3 is 0 Å². The molecule has 5 heteroatoms. The summed E-state index contributed by atoms with van der Waals surface area (Å²) in [5, 5.41) is 3.31. The van der Waals surface area contributed by atoms with Crippen LogP contribution in [0.15, 0.2) is 12.3 Å². The van der Waals surface area contributed by atoms with Gasteiger partial charge < -0.3 is 10.1 Å². The molecule has 0 atom stereocenters. The van der Waals surface area contributed by atoms with E-state index in [-0.39, 0.29) is 4.75 Å². The zero-order chi connectivity index (χ0) is 13.4. The lowest BCUT2D eigenvalue weighted by Crippen LogP contribution is -2.32. The van der Waals surface area contributed by atoms with Gasteiger partial charge in [0, 0.05) is 23.6 Å². The van der Waals surface area contributed by atoms with Gasteiger partial charge in [0.15, 0.2) is 0 Å². The Bertz CT molecular complexity index is 348. The van der Waals surface area contributed by atoms with Crippen LogP contribution in [0.1, 0.15) is 33.6 Å². The van der Waals surface area contributed by atoms with Gasteiger partial charge in [-0.15, -0.1) is 0 Å². The summed E-state index contributed by atoms with van der Waals surface area (Å²) in [6.45, 7) is 7.88. The molecule has 0 aliphatic carbocycles. The van der Waals surface area contributed by atoms with E-state index in [1.807, 2.05) is 18.7 Å². The summed E-state index contributed by atoms with van der Waals surface area (Å²) < 4.78 is 5.62. The summed E-state index contributed by atoms with van der Waals surface area (Å²) in [6, 6.07) is 1.77. The molecular weight excluding hydrogens is 246 g/mol. The van der Waals surface area contributed by atoms with Crippen LogP contribution in [0, 0.1) is 0 Å². The van der Waals surface area contributed by atoms with E-state index in [0.29, 0.717) is 18.4 Å². The molecule has 1 aromatic rings. The first kappa shape index (κ1) is 15.1. The quantitative estimate of drug-likeness (QED) is 0.785. The van der Waals surface area contributed by atoms with Gasteiger partial charge in [-0.1, -0.05) is 13.8 Å². The molecule has 0 radical (unpaired) electrons. The highest BCUT2D eigenvalue weighted by Gasteiger charge is 2.24. The molecule has 0 bridgehead atoms. The predicted octanol–water partition coefficient (Wildman–Crippen LogP) is 3.21. The van der Waals surface area contributed by atoms with Gasteiger partial charge in [-0.2, -0.15) is 16.7 Å². The minimum atomic E-state index is 0.255. The van der Waals surface area contributed by atoms with Gasteiger partial charge in [0.2, 0.25) is 11.8 Å². The van der Waals surface area contributed by atoms with E-state index in [2.05, 4.69) is 35.4 Å². The number of nitrogens with zero attached hydrogens (tertiary/aromatic N) is 2. The van der Waals surface area contributed by atoms with Crippen LogP contribution in [0.25, 0.3) is 0 Å². The van der Waals surface area contributed by atoms with Crippen LogP contribution in [0.4, 0.5) is 5.95 Å². The Morgan fingerprint density at radius 2 is 2.06 bits per heavy atom. The highest BCUT2D eigenvalue weighted by Crippen LogP contribution is 2.30. The van der Waals surface area contributed by atoms with Crippen LogP contribution in [0.2, 0.25) is 0 Å². The molecule has 0 aromatic carbocycles. The van der Waals surface area contributed by atoms with Crippen molar-refractivity contribution in [1.29, 1.82) is 0 Å². The van der Waals surface area contributed by atoms with Gasteiger partial charge in [-0.05, 0) is 26.0 Å². The second-order valence-corrected chi connectivity index (χ2v) is 5.37. The lowest BCUT2D eigenvalue weighted by Gasteiger charge is -2.29. The number of thioether (sulfide) groups is 1. The Morgan fingerprint density at radius 3 is 2.61 bits per heavy atom. The van der Waals surface area contributed by atoms with Gasteiger partial charge in [-0.25, -0.2) is 4.98 Å². The molecule has 1 aromatic heterocycles. The number of hydrogen-bond acceptors (Lipinski definition) is 5. The van der Waals surface area contributed by atoms with Gasteiger partial charge in [-0.3, -0.25) is 0 Å². The molecule has 18 heavy (non-hydrogen) atoms. The molecule has 0 spiro atoms. The molecule has 102 valence electrons. The normalized spacial score (nSPS) is 11.3. The van der Waals surface area contributed by atoms with Gasteiger partial charge in [0.1, 0.15) is 0 Å². The highest BCUT2D eigenvalue weighted by molar-refractivity contribution is 8.00. The van der Waals surface area contributed by atoms with E-state index in [9.17, 15) is 0 Å². The fourth-order valence-electron chi connectivity index (χ4n) is 1.76. The lowest BCUT2D eigenvalue weighted by atomic mass is 10.0. The number of ether oxygens (including phenoxy) is 1. The van der Waals surface area contributed by atoms with Crippen molar-refractivity contribution < 1.29 is 4.74 Å². The fraction of sp³-hybridized carbons (Fsp3) is 0.692. The minimum Gasteiger partial charge on any atom is -0.478 e. The summed E-state index contributed by atoms with van der Waals surface area (Å²) >= 11 is 1.90. The SMILES string of the molecule is CCOc1ccnc(NCC(CC)(CC)SC)n1. The molecule has 0 unspecified atom stereocenters. The third-order valence-electron chi connectivity index (χ3n) is 3.21. The van der Waals surface area contributed by atoms with Crippen molar-refractivity contribution >= 4 is 17.7 Å². The number of anilines is 1. The van der Waals surface area contributed by atoms with E-state index in [1.54, 1.807) is 12.3 Å². The second kappa shape index (κ2) is 7.46. The Morgan fingerprint density at radius 1 is 1.33 bits per heavy atom. The monoisotopic (exact) mass is 269 g/mol. The van der Waals surface area contributed by atoms with E-state index in [4.69, 9.17) is 4.74 Å². The Kier molecular flexibility index (Phi) is 6.25. The molecule has 0 fully saturated rings. The van der Waals surface area contributed by atoms with Crippen LogP contribution >= 0.6 is 11.8 Å². The maximum absolute atomic E-state index is 5.36. The predicted molar refractivity (Wildman–Crippen MR) is 78.5 cm³/mol. The molecule has 0 aliphatic heterocycles.